The van der Waals surface area contributed by atoms with Gasteiger partial charge < -0.3 is 19.7 Å². The number of furan rings is 1. The molecule has 3 heterocycles. The lowest BCUT2D eigenvalue weighted by atomic mass is 10.0. The van der Waals surface area contributed by atoms with Crippen molar-refractivity contribution in [3.8, 4) is 0 Å². The molecule has 0 saturated carbocycles. The fraction of sp³-hybridized carbons (Fsp3) is 0.231. The van der Waals surface area contributed by atoms with Crippen LogP contribution in [0.3, 0.4) is 0 Å². The van der Waals surface area contributed by atoms with Crippen LogP contribution in [-0.2, 0) is 12.8 Å². The van der Waals surface area contributed by atoms with Gasteiger partial charge in [0, 0.05) is 42.5 Å². The Labute approximate surface area is 186 Å². The van der Waals surface area contributed by atoms with E-state index < -0.39 is 0 Å². The molecule has 32 heavy (non-hydrogen) atoms. The molecular formula is C26H25N3O3. The maximum atomic E-state index is 12.6. The number of nitrogens with zero attached hydrogens (tertiary/aromatic N) is 2. The smallest absolute Gasteiger partial charge is 0.251 e. The Bertz CT molecular complexity index is 1260. The molecule has 0 aliphatic carbocycles. The summed E-state index contributed by atoms with van der Waals surface area (Å²) < 4.78 is 5.44. The zero-order chi connectivity index (χ0) is 21.9. The molecule has 0 fully saturated rings. The van der Waals surface area contributed by atoms with E-state index in [0.29, 0.717) is 18.5 Å². The van der Waals surface area contributed by atoms with Crippen LogP contribution in [-0.4, -0.2) is 35.7 Å². The summed E-state index contributed by atoms with van der Waals surface area (Å²) in [5.41, 5.74) is 6.08. The fourth-order valence-electron chi connectivity index (χ4n) is 4.34. The number of fused-ring (bicyclic) bond motifs is 2. The second kappa shape index (κ2) is 8.85. The molecule has 162 valence electrons. The number of carbonyl (C=O) groups is 1. The average molecular weight is 428 g/mol. The molecule has 2 N–H and O–H groups in total. The van der Waals surface area contributed by atoms with E-state index in [9.17, 15) is 4.79 Å². The zero-order valence-electron chi connectivity index (χ0n) is 17.8. The van der Waals surface area contributed by atoms with Gasteiger partial charge in [-0.05, 0) is 78.4 Å². The van der Waals surface area contributed by atoms with Gasteiger partial charge in [0.25, 0.3) is 5.91 Å². The Hall–Kier alpha value is -3.64. The molecule has 0 spiro atoms. The van der Waals surface area contributed by atoms with Gasteiger partial charge in [-0.25, -0.2) is 4.98 Å². The van der Waals surface area contributed by atoms with Gasteiger partial charge in [0.05, 0.1) is 6.26 Å². The van der Waals surface area contributed by atoms with Crippen LogP contribution in [0.1, 0.15) is 33.5 Å². The molecule has 2 aromatic carbocycles. The first-order chi connectivity index (χ1) is 15.7. The predicted octanol–water partition coefficient (Wildman–Crippen LogP) is 4.23. The van der Waals surface area contributed by atoms with Crippen molar-refractivity contribution in [3.05, 3.63) is 89.3 Å². The number of aromatic nitrogens is 1. The van der Waals surface area contributed by atoms with Crippen molar-refractivity contribution in [1.82, 2.24) is 10.3 Å². The molecule has 0 bridgehead atoms. The molecular weight excluding hydrogens is 402 g/mol. The number of anilines is 2. The van der Waals surface area contributed by atoms with Crippen LogP contribution in [0.25, 0.3) is 11.0 Å². The molecule has 0 radical (unpaired) electrons. The lowest BCUT2D eigenvalue weighted by Crippen LogP contribution is -2.25. The van der Waals surface area contributed by atoms with E-state index >= 15 is 0 Å². The third-order valence-electron chi connectivity index (χ3n) is 5.90. The summed E-state index contributed by atoms with van der Waals surface area (Å²) >= 11 is 0. The summed E-state index contributed by atoms with van der Waals surface area (Å²) in [4.78, 5) is 19.4. The van der Waals surface area contributed by atoms with Crippen molar-refractivity contribution in [3.63, 3.8) is 0 Å². The first-order valence-electron chi connectivity index (χ1n) is 10.9. The molecule has 1 amide bonds. The van der Waals surface area contributed by atoms with E-state index in [1.54, 1.807) is 6.26 Å². The topological polar surface area (TPSA) is 78.6 Å². The maximum absolute atomic E-state index is 12.6. The Kier molecular flexibility index (Phi) is 5.60. The highest BCUT2D eigenvalue weighted by Gasteiger charge is 2.26. The molecule has 2 aromatic heterocycles. The highest BCUT2D eigenvalue weighted by Crippen LogP contribution is 2.36. The van der Waals surface area contributed by atoms with Gasteiger partial charge in [0.1, 0.15) is 11.4 Å². The lowest BCUT2D eigenvalue weighted by molar-refractivity contribution is 0.0950. The van der Waals surface area contributed by atoms with E-state index in [1.807, 2.05) is 42.6 Å². The van der Waals surface area contributed by atoms with Crippen LogP contribution in [0.5, 0.6) is 0 Å². The normalized spacial score (nSPS) is 12.8. The minimum Gasteiger partial charge on any atom is -0.464 e. The Morgan fingerprint density at radius 3 is 2.94 bits per heavy atom. The van der Waals surface area contributed by atoms with Gasteiger partial charge in [-0.2, -0.15) is 0 Å². The number of aliphatic hydroxyl groups excluding tert-OH is 1. The number of pyridine rings is 1. The monoisotopic (exact) mass is 427 g/mol. The predicted molar refractivity (Wildman–Crippen MR) is 124 cm³/mol. The molecule has 0 atom stereocenters. The standard InChI is InChI=1S/C26H25N3O3/c30-13-2-10-28-26(31)22-3-1-4-23-21(22)8-12-29(23)25-17-19(7-11-27-25)15-18-5-6-24-20(16-18)9-14-32-24/h1,3-7,9,11,14,16-17,30H,2,8,10,12-13,15H2,(H,28,31). The first kappa shape index (κ1) is 20.3. The second-order valence-corrected chi connectivity index (χ2v) is 8.03. The third-order valence-corrected chi connectivity index (χ3v) is 5.90. The number of carbonyl (C=O) groups excluding carboxylic acids is 1. The van der Waals surface area contributed by atoms with Crippen LogP contribution >= 0.6 is 0 Å². The Morgan fingerprint density at radius 2 is 2.03 bits per heavy atom. The van der Waals surface area contributed by atoms with Crippen LogP contribution in [0.4, 0.5) is 11.5 Å². The van der Waals surface area contributed by atoms with E-state index in [-0.39, 0.29) is 12.5 Å². The molecule has 0 unspecified atom stereocenters. The van der Waals surface area contributed by atoms with Crippen LogP contribution in [0, 0.1) is 0 Å². The molecule has 1 aliphatic heterocycles. The highest BCUT2D eigenvalue weighted by molar-refractivity contribution is 5.98. The summed E-state index contributed by atoms with van der Waals surface area (Å²) in [6.45, 7) is 1.32. The summed E-state index contributed by atoms with van der Waals surface area (Å²) in [6, 6.07) is 18.3. The fourth-order valence-corrected chi connectivity index (χ4v) is 4.34. The van der Waals surface area contributed by atoms with Crippen molar-refractivity contribution < 1.29 is 14.3 Å². The number of amides is 1. The minimum atomic E-state index is -0.0894. The van der Waals surface area contributed by atoms with Gasteiger partial charge in [-0.3, -0.25) is 4.79 Å². The number of aliphatic hydroxyl groups is 1. The summed E-state index contributed by atoms with van der Waals surface area (Å²) in [6.07, 6.45) is 5.72. The lowest BCUT2D eigenvalue weighted by Gasteiger charge is -2.19. The van der Waals surface area contributed by atoms with Crippen LogP contribution < -0.4 is 10.2 Å². The quantitative estimate of drug-likeness (QED) is 0.432. The van der Waals surface area contributed by atoms with Crippen molar-refractivity contribution >= 4 is 28.4 Å². The average Bonchev–Trinajstić information content (AvgIpc) is 3.46. The zero-order valence-corrected chi connectivity index (χ0v) is 17.8. The molecule has 6 nitrogen and oxygen atoms in total. The number of benzene rings is 2. The first-order valence-corrected chi connectivity index (χ1v) is 10.9. The Morgan fingerprint density at radius 1 is 1.12 bits per heavy atom. The van der Waals surface area contributed by atoms with Gasteiger partial charge in [0.2, 0.25) is 0 Å². The molecule has 1 aliphatic rings. The summed E-state index contributed by atoms with van der Waals surface area (Å²) in [5.74, 6) is 0.803. The number of hydrogen-bond acceptors (Lipinski definition) is 5. The SMILES string of the molecule is O=C(NCCCO)c1cccc2c1CCN2c1cc(Cc2ccc3occc3c2)ccn1. The molecule has 6 heteroatoms. The third kappa shape index (κ3) is 3.97. The van der Waals surface area contributed by atoms with Crippen LogP contribution in [0.15, 0.2) is 71.5 Å². The van der Waals surface area contributed by atoms with Gasteiger partial charge in [0.15, 0.2) is 0 Å². The van der Waals surface area contributed by atoms with Crippen molar-refractivity contribution in [1.29, 1.82) is 0 Å². The summed E-state index contributed by atoms with van der Waals surface area (Å²) in [7, 11) is 0. The Balaban J connectivity index is 1.38. The molecule has 0 saturated heterocycles. The van der Waals surface area contributed by atoms with E-state index in [4.69, 9.17) is 9.52 Å². The number of rotatable bonds is 7. The number of hydrogen-bond donors (Lipinski definition) is 2. The molecule has 5 rings (SSSR count). The largest absolute Gasteiger partial charge is 0.464 e. The van der Waals surface area contributed by atoms with Crippen molar-refractivity contribution in [2.75, 3.05) is 24.6 Å². The highest BCUT2D eigenvalue weighted by atomic mass is 16.3. The maximum Gasteiger partial charge on any atom is 0.251 e. The molecule has 4 aromatic rings. The van der Waals surface area contributed by atoms with E-state index in [1.165, 1.54) is 11.1 Å². The summed E-state index contributed by atoms with van der Waals surface area (Å²) in [5, 5.41) is 12.9. The van der Waals surface area contributed by atoms with Gasteiger partial charge in [-0.1, -0.05) is 12.1 Å². The van der Waals surface area contributed by atoms with E-state index in [2.05, 4.69) is 33.4 Å². The van der Waals surface area contributed by atoms with Crippen LogP contribution in [0.2, 0.25) is 0 Å². The van der Waals surface area contributed by atoms with Crippen molar-refractivity contribution in [2.45, 2.75) is 19.3 Å². The van der Waals surface area contributed by atoms with Gasteiger partial charge in [-0.15, -0.1) is 0 Å². The van der Waals surface area contributed by atoms with Gasteiger partial charge >= 0.3 is 0 Å². The van der Waals surface area contributed by atoms with E-state index in [0.717, 1.165) is 47.4 Å². The number of nitrogens with one attached hydrogen (secondary N) is 1. The second-order valence-electron chi connectivity index (χ2n) is 8.03. The van der Waals surface area contributed by atoms with Crippen molar-refractivity contribution in [2.24, 2.45) is 0 Å². The minimum absolute atomic E-state index is 0.0684.